The molecule has 0 amide bonds. The average molecular weight is 539 g/mol. The molecule has 2 aliphatic rings. The number of nitrogens with zero attached hydrogens (tertiary/aromatic N) is 4. The van der Waals surface area contributed by atoms with Crippen LogP contribution in [-0.4, -0.2) is 58.1 Å². The topological polar surface area (TPSA) is 67.1 Å². The van der Waals surface area contributed by atoms with Gasteiger partial charge in [0.05, 0.1) is 0 Å². The van der Waals surface area contributed by atoms with Crippen molar-refractivity contribution in [2.45, 2.75) is 80.3 Å². The molecule has 1 aromatic heterocycles. The fraction of sp³-hybridized carbons (Fsp3) is 0.842. The number of aromatic nitrogens is 3. The van der Waals surface area contributed by atoms with Crippen molar-refractivity contribution < 1.29 is 0 Å². The van der Waals surface area contributed by atoms with E-state index < -0.39 is 0 Å². The molecule has 0 aliphatic heterocycles. The molecule has 9 heteroatoms. The van der Waals surface area contributed by atoms with Crippen LogP contribution in [0, 0.1) is 0 Å². The molecule has 28 heavy (non-hydrogen) atoms. The highest BCUT2D eigenvalue weighted by Gasteiger charge is 2.25. The summed E-state index contributed by atoms with van der Waals surface area (Å²) in [5, 5.41) is 17.8. The molecule has 0 bridgehead atoms. The minimum Gasteiger partial charge on any atom is -0.356 e. The predicted octanol–water partition coefficient (Wildman–Crippen LogP) is 4.11. The number of rotatable bonds is 8. The van der Waals surface area contributed by atoms with Gasteiger partial charge in [0.2, 0.25) is 0 Å². The van der Waals surface area contributed by atoms with Gasteiger partial charge in [-0.15, -0.1) is 34.2 Å². The summed E-state index contributed by atoms with van der Waals surface area (Å²) in [6.07, 6.45) is 15.3. The Kier molecular flexibility index (Phi) is 10.8. The summed E-state index contributed by atoms with van der Waals surface area (Å²) in [4.78, 5) is 4.40. The average Bonchev–Trinajstić information content (AvgIpc) is 3.44. The number of aliphatic imine (C=N–C) groups is 1. The molecule has 2 fully saturated rings. The molecule has 160 valence electrons. The zero-order chi connectivity index (χ0) is 19.1. The van der Waals surface area contributed by atoms with Crippen LogP contribution in [0.5, 0.6) is 0 Å². The van der Waals surface area contributed by atoms with Crippen molar-refractivity contribution in [3.05, 3.63) is 5.82 Å². The maximum atomic E-state index is 4.49. The zero-order valence-electron chi connectivity index (χ0n) is 17.3. The molecule has 2 N–H and O–H groups in total. The van der Waals surface area contributed by atoms with Gasteiger partial charge in [0.15, 0.2) is 11.1 Å². The summed E-state index contributed by atoms with van der Waals surface area (Å²) in [5.74, 6) is 2.08. The predicted molar refractivity (Wildman–Crippen MR) is 132 cm³/mol. The Morgan fingerprint density at radius 2 is 1.96 bits per heavy atom. The Morgan fingerprint density at radius 1 is 1.18 bits per heavy atom. The molecule has 3 rings (SSSR count). The van der Waals surface area contributed by atoms with Crippen molar-refractivity contribution in [3.8, 4) is 0 Å². The van der Waals surface area contributed by atoms with Crippen molar-refractivity contribution in [1.82, 2.24) is 25.4 Å². The first-order chi connectivity index (χ1) is 13.2. The lowest BCUT2D eigenvalue weighted by atomic mass is 10.2. The fourth-order valence-electron chi connectivity index (χ4n) is 4.27. The molecular formula is C19H35IN6S2. The van der Waals surface area contributed by atoms with Crippen LogP contribution in [0.1, 0.15) is 63.2 Å². The normalized spacial score (nSPS) is 23.0. The van der Waals surface area contributed by atoms with Gasteiger partial charge >= 0.3 is 0 Å². The van der Waals surface area contributed by atoms with Crippen molar-refractivity contribution in [3.63, 3.8) is 0 Å². The SMILES string of the molecule is CN=C(NCCCc1nnc(SC)n1C1CCCC1)NC1CCC(SC)C1.I. The molecule has 1 aromatic rings. The van der Waals surface area contributed by atoms with Gasteiger partial charge in [-0.05, 0) is 51.0 Å². The van der Waals surface area contributed by atoms with Gasteiger partial charge in [-0.2, -0.15) is 11.8 Å². The standard InChI is InChI=1S/C19H34N6S2.HI/c1-20-18(22-14-10-11-16(13-14)26-2)21-12-6-9-17-23-24-19(27-3)25(17)15-7-4-5-8-15;/h14-16H,4-13H2,1-3H3,(H2,20,21,22);1H. The van der Waals surface area contributed by atoms with Crippen LogP contribution in [-0.2, 0) is 6.42 Å². The maximum Gasteiger partial charge on any atom is 0.191 e. The first-order valence-corrected chi connectivity index (χ1v) is 12.7. The van der Waals surface area contributed by atoms with Gasteiger partial charge < -0.3 is 15.2 Å². The van der Waals surface area contributed by atoms with Crippen LogP contribution in [0.2, 0.25) is 0 Å². The number of guanidine groups is 1. The van der Waals surface area contributed by atoms with E-state index in [2.05, 4.69) is 42.9 Å². The third-order valence-corrected chi connectivity index (χ3v) is 7.50. The highest BCUT2D eigenvalue weighted by Crippen LogP contribution is 2.33. The Morgan fingerprint density at radius 3 is 2.61 bits per heavy atom. The van der Waals surface area contributed by atoms with E-state index in [9.17, 15) is 0 Å². The van der Waals surface area contributed by atoms with Crippen molar-refractivity contribution >= 4 is 53.5 Å². The number of nitrogens with one attached hydrogen (secondary N) is 2. The van der Waals surface area contributed by atoms with Crippen LogP contribution < -0.4 is 10.6 Å². The van der Waals surface area contributed by atoms with Gasteiger partial charge in [0.25, 0.3) is 0 Å². The van der Waals surface area contributed by atoms with Crippen LogP contribution in [0.15, 0.2) is 10.1 Å². The number of hydrogen-bond donors (Lipinski definition) is 2. The molecule has 2 saturated carbocycles. The second kappa shape index (κ2) is 12.5. The minimum absolute atomic E-state index is 0. The van der Waals surface area contributed by atoms with Gasteiger partial charge in [-0.3, -0.25) is 4.99 Å². The lowest BCUT2D eigenvalue weighted by molar-refractivity contribution is 0.460. The van der Waals surface area contributed by atoms with Gasteiger partial charge in [-0.25, -0.2) is 0 Å². The Labute approximate surface area is 195 Å². The second-order valence-electron chi connectivity index (χ2n) is 7.53. The molecule has 0 aromatic carbocycles. The fourth-order valence-corrected chi connectivity index (χ4v) is 5.64. The van der Waals surface area contributed by atoms with Crippen LogP contribution in [0.3, 0.4) is 0 Å². The molecule has 1 heterocycles. The highest BCUT2D eigenvalue weighted by atomic mass is 127. The third kappa shape index (κ3) is 6.42. The molecule has 2 atom stereocenters. The number of halogens is 1. The largest absolute Gasteiger partial charge is 0.356 e. The maximum absolute atomic E-state index is 4.49. The Bertz CT molecular complexity index is 618. The first kappa shape index (κ1) is 24.1. The van der Waals surface area contributed by atoms with Crippen LogP contribution >= 0.6 is 47.5 Å². The van der Waals surface area contributed by atoms with E-state index in [4.69, 9.17) is 0 Å². The Hall–Kier alpha value is -0.160. The molecule has 0 saturated heterocycles. The van der Waals surface area contributed by atoms with Gasteiger partial charge in [-0.1, -0.05) is 24.6 Å². The molecule has 2 unspecified atom stereocenters. The highest BCUT2D eigenvalue weighted by molar-refractivity contribution is 14.0. The summed E-state index contributed by atoms with van der Waals surface area (Å²) in [6.45, 7) is 0.907. The second-order valence-corrected chi connectivity index (χ2v) is 9.44. The number of thioether (sulfide) groups is 2. The zero-order valence-corrected chi connectivity index (χ0v) is 21.3. The number of hydrogen-bond acceptors (Lipinski definition) is 5. The quantitative estimate of drug-likeness (QED) is 0.171. The first-order valence-electron chi connectivity index (χ1n) is 10.2. The molecule has 0 spiro atoms. The van der Waals surface area contributed by atoms with Crippen LogP contribution in [0.4, 0.5) is 0 Å². The van der Waals surface area contributed by atoms with E-state index in [0.29, 0.717) is 12.1 Å². The monoisotopic (exact) mass is 538 g/mol. The van der Waals surface area contributed by atoms with E-state index in [1.165, 1.54) is 44.9 Å². The van der Waals surface area contributed by atoms with Crippen LogP contribution in [0.25, 0.3) is 0 Å². The van der Waals surface area contributed by atoms with E-state index in [-0.39, 0.29) is 24.0 Å². The lowest BCUT2D eigenvalue weighted by Gasteiger charge is -2.18. The molecule has 0 radical (unpaired) electrons. The third-order valence-electron chi connectivity index (χ3n) is 5.76. The van der Waals surface area contributed by atoms with Crippen molar-refractivity contribution in [2.75, 3.05) is 26.1 Å². The van der Waals surface area contributed by atoms with Crippen molar-refractivity contribution in [1.29, 1.82) is 0 Å². The summed E-state index contributed by atoms with van der Waals surface area (Å²) in [6, 6.07) is 1.16. The van der Waals surface area contributed by atoms with E-state index in [1.54, 1.807) is 11.8 Å². The van der Waals surface area contributed by atoms with Gasteiger partial charge in [0, 0.05) is 37.3 Å². The summed E-state index contributed by atoms with van der Waals surface area (Å²) in [7, 11) is 1.86. The van der Waals surface area contributed by atoms with E-state index in [1.807, 2.05) is 18.8 Å². The summed E-state index contributed by atoms with van der Waals surface area (Å²) in [5.41, 5.74) is 0. The summed E-state index contributed by atoms with van der Waals surface area (Å²) >= 11 is 3.70. The van der Waals surface area contributed by atoms with E-state index in [0.717, 1.165) is 41.6 Å². The molecular weight excluding hydrogens is 503 g/mol. The smallest absolute Gasteiger partial charge is 0.191 e. The number of aryl methyl sites for hydroxylation is 1. The van der Waals surface area contributed by atoms with E-state index >= 15 is 0 Å². The summed E-state index contributed by atoms with van der Waals surface area (Å²) < 4.78 is 2.41. The molecule has 6 nitrogen and oxygen atoms in total. The van der Waals surface area contributed by atoms with Crippen molar-refractivity contribution in [2.24, 2.45) is 4.99 Å². The minimum atomic E-state index is 0. The van der Waals surface area contributed by atoms with Gasteiger partial charge in [0.1, 0.15) is 5.82 Å². The lowest BCUT2D eigenvalue weighted by Crippen LogP contribution is -2.43. The molecule has 2 aliphatic carbocycles. The Balaban J connectivity index is 0.00000280.